The average molecular weight is 684 g/mol. The molecule has 0 bridgehead atoms. The van der Waals surface area contributed by atoms with Crippen LogP contribution in [0.2, 0.25) is 0 Å². The number of nitrogens with zero attached hydrogens (tertiary/aromatic N) is 5. The molecule has 6 aromatic carbocycles. The fourth-order valence-electron chi connectivity index (χ4n) is 8.42. The second kappa shape index (κ2) is 12.3. The molecule has 0 radical (unpaired) electrons. The molecule has 0 N–H and O–H groups in total. The van der Waals surface area contributed by atoms with Crippen LogP contribution in [0, 0.1) is 0 Å². The summed E-state index contributed by atoms with van der Waals surface area (Å²) in [6.45, 7) is 4.63. The highest BCUT2D eigenvalue weighted by Gasteiger charge is 2.38. The summed E-state index contributed by atoms with van der Waals surface area (Å²) in [5.74, 6) is 2.27. The van der Waals surface area contributed by atoms with Crippen LogP contribution in [0.1, 0.15) is 36.5 Å². The predicted molar refractivity (Wildman–Crippen MR) is 216 cm³/mol. The molecule has 0 saturated heterocycles. The lowest BCUT2D eigenvalue weighted by molar-refractivity contribution is 0.632. The van der Waals surface area contributed by atoms with Crippen LogP contribution < -0.4 is 9.80 Å². The van der Waals surface area contributed by atoms with Gasteiger partial charge in [0.25, 0.3) is 0 Å². The Hall–Kier alpha value is -6.59. The van der Waals surface area contributed by atoms with Gasteiger partial charge >= 0.3 is 0 Å². The third-order valence-corrected chi connectivity index (χ3v) is 11.1. The van der Waals surface area contributed by atoms with Gasteiger partial charge in [-0.25, -0.2) is 15.0 Å². The first kappa shape index (κ1) is 31.2. The predicted octanol–water partition coefficient (Wildman–Crippen LogP) is 11.7. The topological polar surface area (TPSA) is 45.2 Å². The lowest BCUT2D eigenvalue weighted by Gasteiger charge is -2.42. The normalized spacial score (nSPS) is 17.5. The SMILES string of the molecule is CC1(C)c2ccccc2N(c2ccc(-c3nc(-c4ccccc4)nc(-c4ccc(N5c6ccccc6C6C=CC=CC65)cc4)n3)cc2)c2ccccc21. The Morgan fingerprint density at radius 2 is 0.925 bits per heavy atom. The van der Waals surface area contributed by atoms with Crippen molar-refractivity contribution in [1.29, 1.82) is 0 Å². The molecule has 0 amide bonds. The van der Waals surface area contributed by atoms with E-state index < -0.39 is 0 Å². The highest BCUT2D eigenvalue weighted by Crippen LogP contribution is 2.52. The van der Waals surface area contributed by atoms with E-state index in [0.717, 1.165) is 28.1 Å². The molecule has 5 heteroatoms. The maximum Gasteiger partial charge on any atom is 0.164 e. The number of hydrogen-bond donors (Lipinski definition) is 0. The van der Waals surface area contributed by atoms with Crippen LogP contribution in [0.5, 0.6) is 0 Å². The third-order valence-electron chi connectivity index (χ3n) is 11.1. The zero-order valence-electron chi connectivity index (χ0n) is 29.6. The number of allylic oxidation sites excluding steroid dienone is 2. The summed E-state index contributed by atoms with van der Waals surface area (Å²) in [4.78, 5) is 20.0. The van der Waals surface area contributed by atoms with Crippen molar-refractivity contribution in [3.63, 3.8) is 0 Å². The van der Waals surface area contributed by atoms with Gasteiger partial charge in [-0.1, -0.05) is 123 Å². The standard InChI is InChI=1S/C48H37N5/c1-48(2)39-18-8-12-22-43(39)53(44-23-13-9-19-40(44)48)36-30-26-34(27-31-36)47-50-45(32-14-4-3-5-15-32)49-46(51-47)33-24-28-35(29-25-33)52-41-20-10-6-16-37(41)38-17-7-11-21-42(38)52/h3-31,37,41H,1-2H3. The van der Waals surface area contributed by atoms with Gasteiger partial charge in [-0.3, -0.25) is 0 Å². The number of anilines is 5. The molecule has 5 nitrogen and oxygen atoms in total. The maximum absolute atomic E-state index is 5.09. The summed E-state index contributed by atoms with van der Waals surface area (Å²) < 4.78 is 0. The van der Waals surface area contributed by atoms with Crippen LogP contribution in [0.4, 0.5) is 28.4 Å². The molecular formula is C48H37N5. The number of rotatable bonds is 5. The van der Waals surface area contributed by atoms with Gasteiger partial charge < -0.3 is 9.80 Å². The first-order valence-electron chi connectivity index (χ1n) is 18.3. The number of hydrogen-bond acceptors (Lipinski definition) is 5. The van der Waals surface area contributed by atoms with E-state index in [1.807, 2.05) is 18.2 Å². The number of fused-ring (bicyclic) bond motifs is 5. The Bertz CT molecular complexity index is 2500. The first-order chi connectivity index (χ1) is 26.0. The summed E-state index contributed by atoms with van der Waals surface area (Å²) in [6, 6.07) is 53.9. The van der Waals surface area contributed by atoms with E-state index in [1.54, 1.807) is 0 Å². The average Bonchev–Trinajstić information content (AvgIpc) is 3.56. The maximum atomic E-state index is 5.09. The van der Waals surface area contributed by atoms with Gasteiger partial charge in [-0.15, -0.1) is 0 Å². The van der Waals surface area contributed by atoms with Crippen LogP contribution >= 0.6 is 0 Å². The zero-order chi connectivity index (χ0) is 35.5. The molecular weight excluding hydrogens is 647 g/mol. The lowest BCUT2D eigenvalue weighted by atomic mass is 9.73. The van der Waals surface area contributed by atoms with Crippen molar-refractivity contribution in [2.24, 2.45) is 0 Å². The van der Waals surface area contributed by atoms with Crippen LogP contribution in [-0.4, -0.2) is 21.0 Å². The summed E-state index contributed by atoms with van der Waals surface area (Å²) in [5, 5.41) is 0. The number of aromatic nitrogens is 3. The Balaban J connectivity index is 1.03. The molecule has 2 atom stereocenters. The van der Waals surface area contributed by atoms with E-state index in [0.29, 0.717) is 23.4 Å². The Kier molecular flexibility index (Phi) is 7.22. The van der Waals surface area contributed by atoms with E-state index in [-0.39, 0.29) is 11.5 Å². The Labute approximate surface area is 310 Å². The van der Waals surface area contributed by atoms with E-state index in [2.05, 4.69) is 181 Å². The summed E-state index contributed by atoms with van der Waals surface area (Å²) >= 11 is 0. The second-order valence-corrected chi connectivity index (χ2v) is 14.5. The molecule has 2 unspecified atom stereocenters. The minimum absolute atomic E-state index is 0.109. The van der Waals surface area contributed by atoms with Crippen LogP contribution in [0.15, 0.2) is 176 Å². The van der Waals surface area contributed by atoms with Crippen molar-refractivity contribution in [2.45, 2.75) is 31.2 Å². The van der Waals surface area contributed by atoms with Crippen LogP contribution in [0.25, 0.3) is 34.2 Å². The van der Waals surface area contributed by atoms with E-state index in [9.17, 15) is 0 Å². The largest absolute Gasteiger partial charge is 0.333 e. The first-order valence-corrected chi connectivity index (χ1v) is 18.3. The molecule has 3 aliphatic rings. The van der Waals surface area contributed by atoms with E-state index >= 15 is 0 Å². The monoisotopic (exact) mass is 683 g/mol. The fourth-order valence-corrected chi connectivity index (χ4v) is 8.42. The van der Waals surface area contributed by atoms with Gasteiger partial charge in [0.2, 0.25) is 0 Å². The number of para-hydroxylation sites is 3. The van der Waals surface area contributed by atoms with Crippen molar-refractivity contribution in [2.75, 3.05) is 9.80 Å². The molecule has 3 heterocycles. The van der Waals surface area contributed by atoms with Gasteiger partial charge in [0.05, 0.1) is 17.4 Å². The van der Waals surface area contributed by atoms with E-state index in [1.165, 1.54) is 33.8 Å². The smallest absolute Gasteiger partial charge is 0.164 e. The van der Waals surface area contributed by atoms with Crippen molar-refractivity contribution < 1.29 is 0 Å². The lowest BCUT2D eigenvalue weighted by Crippen LogP contribution is -2.30. The van der Waals surface area contributed by atoms with Crippen LogP contribution in [-0.2, 0) is 5.41 Å². The number of benzene rings is 6. The Morgan fingerprint density at radius 3 is 1.53 bits per heavy atom. The third kappa shape index (κ3) is 5.11. The fraction of sp³-hybridized carbons (Fsp3) is 0.104. The van der Waals surface area contributed by atoms with Gasteiger partial charge in [0.1, 0.15) is 0 Å². The second-order valence-electron chi connectivity index (χ2n) is 14.5. The highest BCUT2D eigenvalue weighted by atomic mass is 15.2. The van der Waals surface area contributed by atoms with Gasteiger partial charge in [-0.2, -0.15) is 0 Å². The molecule has 1 aromatic heterocycles. The van der Waals surface area contributed by atoms with E-state index in [4.69, 9.17) is 15.0 Å². The summed E-state index contributed by atoms with van der Waals surface area (Å²) in [5.41, 5.74) is 12.6. The minimum atomic E-state index is -0.109. The minimum Gasteiger partial charge on any atom is -0.333 e. The van der Waals surface area contributed by atoms with Crippen LogP contribution in [0.3, 0.4) is 0 Å². The summed E-state index contributed by atoms with van der Waals surface area (Å²) in [6.07, 6.45) is 8.93. The zero-order valence-corrected chi connectivity index (χ0v) is 29.6. The quantitative estimate of drug-likeness (QED) is 0.181. The summed E-state index contributed by atoms with van der Waals surface area (Å²) in [7, 11) is 0. The molecule has 2 aliphatic heterocycles. The van der Waals surface area contributed by atoms with Gasteiger partial charge in [0, 0.05) is 45.1 Å². The van der Waals surface area contributed by atoms with Crippen molar-refractivity contribution in [3.8, 4) is 34.2 Å². The molecule has 254 valence electrons. The Morgan fingerprint density at radius 1 is 0.453 bits per heavy atom. The van der Waals surface area contributed by atoms with Crippen molar-refractivity contribution >= 4 is 28.4 Å². The van der Waals surface area contributed by atoms with Gasteiger partial charge in [0.15, 0.2) is 17.5 Å². The van der Waals surface area contributed by atoms with Gasteiger partial charge in [-0.05, 0) is 83.4 Å². The molecule has 0 spiro atoms. The molecule has 7 aromatic rings. The van der Waals surface area contributed by atoms with Crippen molar-refractivity contribution in [1.82, 2.24) is 15.0 Å². The molecule has 0 fully saturated rings. The van der Waals surface area contributed by atoms with Crippen molar-refractivity contribution in [3.05, 3.63) is 193 Å². The molecule has 1 aliphatic carbocycles. The molecule has 10 rings (SSSR count). The molecule has 53 heavy (non-hydrogen) atoms. The highest BCUT2D eigenvalue weighted by molar-refractivity contribution is 5.86. The molecule has 0 saturated carbocycles.